The van der Waals surface area contributed by atoms with Crippen LogP contribution in [0.25, 0.3) is 0 Å². The molecule has 0 bridgehead atoms. The number of rotatable bonds is 6. The van der Waals surface area contributed by atoms with E-state index in [2.05, 4.69) is 0 Å². The van der Waals surface area contributed by atoms with Gasteiger partial charge in [-0.05, 0) is 58.9 Å². The molecule has 1 aromatic carbocycles. The van der Waals surface area contributed by atoms with Gasteiger partial charge in [-0.1, -0.05) is 51.1 Å². The highest BCUT2D eigenvalue weighted by atomic mass is 19.1. The van der Waals surface area contributed by atoms with Crippen LogP contribution in [0.2, 0.25) is 0 Å². The van der Waals surface area contributed by atoms with Crippen LogP contribution in [0.4, 0.5) is 14.0 Å². The van der Waals surface area contributed by atoms with E-state index < -0.39 is 47.0 Å². The van der Waals surface area contributed by atoms with Gasteiger partial charge in [-0.2, -0.15) is 4.90 Å². The van der Waals surface area contributed by atoms with E-state index in [1.54, 1.807) is 71.9 Å². The summed E-state index contributed by atoms with van der Waals surface area (Å²) in [6, 6.07) is 8.71. The van der Waals surface area contributed by atoms with E-state index in [0.29, 0.717) is 5.56 Å². The molecule has 0 aromatic heterocycles. The van der Waals surface area contributed by atoms with E-state index in [0.717, 1.165) is 0 Å². The number of carbonyl (C=O) groups is 3. The molecule has 0 radical (unpaired) electrons. The van der Waals surface area contributed by atoms with Crippen LogP contribution >= 0.6 is 0 Å². The zero-order valence-corrected chi connectivity index (χ0v) is 21.3. The van der Waals surface area contributed by atoms with Gasteiger partial charge in [-0.3, -0.25) is 0 Å². The highest BCUT2D eigenvalue weighted by Gasteiger charge is 2.55. The smallest absolute Gasteiger partial charge is 0.423 e. The Kier molecular flexibility index (Phi) is 9.06. The van der Waals surface area contributed by atoms with Gasteiger partial charge in [-0.25, -0.2) is 18.8 Å². The predicted octanol–water partition coefficient (Wildman–Crippen LogP) is 6.39. The lowest BCUT2D eigenvalue weighted by atomic mass is 9.87. The number of alkyl halides is 1. The quantitative estimate of drug-likeness (QED) is 0.274. The van der Waals surface area contributed by atoms with Crippen molar-refractivity contribution in [3.63, 3.8) is 0 Å². The summed E-state index contributed by atoms with van der Waals surface area (Å²) in [6.45, 7) is 14.8. The average Bonchev–Trinajstić information content (AvgIpc) is 2.61. The summed E-state index contributed by atoms with van der Waals surface area (Å²) in [5, 5.41) is 0. The lowest BCUT2D eigenvalue weighted by molar-refractivity contribution is -0.174. The van der Waals surface area contributed by atoms with E-state index in [4.69, 9.17) is 14.2 Å². The minimum Gasteiger partial charge on any atom is -0.457 e. The molecule has 7 nitrogen and oxygen atoms in total. The van der Waals surface area contributed by atoms with Crippen molar-refractivity contribution in [2.24, 2.45) is 5.41 Å². The van der Waals surface area contributed by atoms with Gasteiger partial charge in [0.25, 0.3) is 5.79 Å². The maximum Gasteiger partial charge on any atom is 0.423 e. The molecule has 1 atom stereocenters. The van der Waals surface area contributed by atoms with Gasteiger partial charge in [0, 0.05) is 6.42 Å². The van der Waals surface area contributed by atoms with Gasteiger partial charge in [0.1, 0.15) is 17.8 Å². The molecule has 0 fully saturated rings. The fourth-order valence-electron chi connectivity index (χ4n) is 2.66. The number of benzene rings is 1. The van der Waals surface area contributed by atoms with Gasteiger partial charge in [0.15, 0.2) is 0 Å². The summed E-state index contributed by atoms with van der Waals surface area (Å²) in [5.41, 5.74) is -1.86. The Bertz CT molecular complexity index is 792. The maximum absolute atomic E-state index is 16.6. The zero-order chi connectivity index (χ0) is 25.7. The van der Waals surface area contributed by atoms with Crippen LogP contribution in [0.3, 0.4) is 0 Å². The minimum atomic E-state index is -3.13. The molecule has 1 unspecified atom stereocenters. The number of hydrogen-bond acceptors (Lipinski definition) is 6. The molecule has 186 valence electrons. The maximum atomic E-state index is 16.6. The van der Waals surface area contributed by atoms with E-state index in [9.17, 15) is 14.4 Å². The molecule has 8 heteroatoms. The highest BCUT2D eigenvalue weighted by Crippen LogP contribution is 2.34. The normalized spacial score (nSPS) is 14.1. The van der Waals surface area contributed by atoms with Crippen LogP contribution in [0.15, 0.2) is 30.3 Å². The third kappa shape index (κ3) is 9.80. The molecule has 0 saturated carbocycles. The van der Waals surface area contributed by atoms with Crippen LogP contribution in [-0.2, 0) is 25.6 Å². The van der Waals surface area contributed by atoms with Gasteiger partial charge in [0.2, 0.25) is 0 Å². The molecule has 0 aliphatic rings. The Morgan fingerprint density at radius 1 is 0.788 bits per heavy atom. The first kappa shape index (κ1) is 28.4. The fourth-order valence-corrected chi connectivity index (χ4v) is 2.66. The van der Waals surface area contributed by atoms with Crippen LogP contribution in [0.5, 0.6) is 0 Å². The number of halogens is 1. The number of hydrogen-bond donors (Lipinski definition) is 0. The summed E-state index contributed by atoms with van der Waals surface area (Å²) < 4.78 is 32.3. The first-order chi connectivity index (χ1) is 14.8. The Morgan fingerprint density at radius 3 is 1.64 bits per heavy atom. The SMILES string of the molecule is CC(C)(C)CCC(F)(C(=O)OCc1ccccc1)N(C(=O)OC(C)(C)C)C(=O)OC(C)(C)C. The predicted molar refractivity (Wildman–Crippen MR) is 123 cm³/mol. The summed E-state index contributed by atoms with van der Waals surface area (Å²) in [7, 11) is 0. The van der Waals surface area contributed by atoms with Crippen LogP contribution in [0.1, 0.15) is 80.7 Å². The van der Waals surface area contributed by atoms with Crippen molar-refractivity contribution in [2.45, 2.75) is 98.8 Å². The number of esters is 1. The summed E-state index contributed by atoms with van der Waals surface area (Å²) in [5.74, 6) is -4.50. The van der Waals surface area contributed by atoms with E-state index in [1.165, 1.54) is 0 Å². The monoisotopic (exact) mass is 467 g/mol. The number of imide groups is 1. The molecular formula is C25H38FNO6. The van der Waals surface area contributed by atoms with Crippen molar-refractivity contribution in [3.8, 4) is 0 Å². The third-order valence-electron chi connectivity index (χ3n) is 4.24. The lowest BCUT2D eigenvalue weighted by Crippen LogP contribution is -2.59. The van der Waals surface area contributed by atoms with E-state index >= 15 is 4.39 Å². The third-order valence-corrected chi connectivity index (χ3v) is 4.24. The molecular weight excluding hydrogens is 429 g/mol. The molecule has 0 spiro atoms. The highest BCUT2D eigenvalue weighted by molar-refractivity contribution is 5.95. The molecule has 1 aromatic rings. The number of ether oxygens (including phenoxy) is 3. The van der Waals surface area contributed by atoms with Crippen LogP contribution in [-0.4, -0.2) is 40.1 Å². The summed E-state index contributed by atoms with van der Waals surface area (Å²) >= 11 is 0. The standard InChI is InChI=1S/C25H38FNO6/c1-22(2,3)15-16-25(26,19(28)31-17-18-13-11-10-12-14-18)27(20(29)32-23(4,5)6)21(30)33-24(7,8)9/h10-14H,15-17H2,1-9H3. The molecule has 1 rings (SSSR count). The van der Waals surface area contributed by atoms with Crippen molar-refractivity contribution in [1.82, 2.24) is 4.90 Å². The molecule has 2 amide bonds. The lowest BCUT2D eigenvalue weighted by Gasteiger charge is -2.37. The van der Waals surface area contributed by atoms with Crippen molar-refractivity contribution in [1.29, 1.82) is 0 Å². The van der Waals surface area contributed by atoms with Crippen LogP contribution < -0.4 is 0 Å². The Hall–Kier alpha value is -2.64. The second kappa shape index (κ2) is 10.5. The van der Waals surface area contributed by atoms with Gasteiger partial charge in [-0.15, -0.1) is 0 Å². The van der Waals surface area contributed by atoms with E-state index in [-0.39, 0.29) is 17.9 Å². The second-order valence-corrected chi connectivity index (χ2v) is 11.2. The Morgan fingerprint density at radius 2 is 1.24 bits per heavy atom. The molecule has 33 heavy (non-hydrogen) atoms. The van der Waals surface area contributed by atoms with Gasteiger partial charge < -0.3 is 14.2 Å². The van der Waals surface area contributed by atoms with Gasteiger partial charge in [0.05, 0.1) is 0 Å². The number of carbonyl (C=O) groups excluding carboxylic acids is 3. The van der Waals surface area contributed by atoms with Gasteiger partial charge >= 0.3 is 18.2 Å². The first-order valence-electron chi connectivity index (χ1n) is 11.0. The van der Waals surface area contributed by atoms with Crippen molar-refractivity contribution < 1.29 is 33.0 Å². The first-order valence-corrected chi connectivity index (χ1v) is 11.0. The molecule has 0 aliphatic heterocycles. The molecule has 0 saturated heterocycles. The summed E-state index contributed by atoms with van der Waals surface area (Å²) in [6.07, 6.45) is -2.97. The van der Waals surface area contributed by atoms with Crippen molar-refractivity contribution >= 4 is 18.2 Å². The molecule has 0 heterocycles. The molecule has 0 N–H and O–H groups in total. The zero-order valence-electron chi connectivity index (χ0n) is 21.3. The van der Waals surface area contributed by atoms with E-state index in [1.807, 2.05) is 20.8 Å². The summed E-state index contributed by atoms with van der Waals surface area (Å²) in [4.78, 5) is 39.2. The average molecular weight is 468 g/mol. The molecule has 0 aliphatic carbocycles. The number of nitrogens with zero attached hydrogens (tertiary/aromatic N) is 1. The van der Waals surface area contributed by atoms with Crippen LogP contribution in [0, 0.1) is 5.41 Å². The minimum absolute atomic E-state index is 0.114. The largest absolute Gasteiger partial charge is 0.457 e. The van der Waals surface area contributed by atoms with Crippen molar-refractivity contribution in [2.75, 3.05) is 0 Å². The Labute approximate surface area is 196 Å². The van der Waals surface area contributed by atoms with Crippen molar-refractivity contribution in [3.05, 3.63) is 35.9 Å². The Balaban J connectivity index is 3.40. The topological polar surface area (TPSA) is 82.1 Å². The second-order valence-electron chi connectivity index (χ2n) is 11.2. The number of amides is 2. The fraction of sp³-hybridized carbons (Fsp3) is 0.640.